The second-order valence-electron chi connectivity index (χ2n) is 9.79. The Labute approximate surface area is 224 Å². The average Bonchev–Trinajstić information content (AvgIpc) is 3.52. The van der Waals surface area contributed by atoms with Gasteiger partial charge in [0.1, 0.15) is 17.3 Å². The van der Waals surface area contributed by atoms with Crippen LogP contribution in [0.15, 0.2) is 89.5 Å². The van der Waals surface area contributed by atoms with Crippen LogP contribution in [0.3, 0.4) is 0 Å². The van der Waals surface area contributed by atoms with Crippen molar-refractivity contribution in [2.45, 2.75) is 11.8 Å². The Morgan fingerprint density at radius 3 is 1.97 bits per heavy atom. The number of rotatable bonds is 5. The number of hydrogen-bond donors (Lipinski definition) is 1. The number of methoxy groups -OCH3 is 1. The third kappa shape index (κ3) is 3.26. The Morgan fingerprint density at radius 1 is 0.842 bits per heavy atom. The van der Waals surface area contributed by atoms with Crippen LogP contribution in [0.1, 0.15) is 39.8 Å². The molecule has 0 radical (unpaired) electrons. The lowest BCUT2D eigenvalue weighted by atomic mass is 9.55. The molecule has 38 heavy (non-hydrogen) atoms. The van der Waals surface area contributed by atoms with E-state index >= 15 is 0 Å². The van der Waals surface area contributed by atoms with E-state index in [4.69, 9.17) is 20.8 Å². The summed E-state index contributed by atoms with van der Waals surface area (Å²) in [6, 6.07) is 25.3. The van der Waals surface area contributed by atoms with E-state index < -0.39 is 11.8 Å². The van der Waals surface area contributed by atoms with Gasteiger partial charge in [0.05, 0.1) is 24.5 Å². The van der Waals surface area contributed by atoms with Crippen LogP contribution in [0, 0.1) is 11.8 Å². The number of ether oxygens (including phenoxy) is 1. The summed E-state index contributed by atoms with van der Waals surface area (Å²) >= 11 is 6.16. The van der Waals surface area contributed by atoms with Crippen molar-refractivity contribution >= 4 is 29.5 Å². The van der Waals surface area contributed by atoms with Gasteiger partial charge in [0, 0.05) is 23.1 Å². The van der Waals surface area contributed by atoms with Crippen molar-refractivity contribution in [2.24, 2.45) is 11.8 Å². The van der Waals surface area contributed by atoms with E-state index in [2.05, 4.69) is 29.7 Å². The summed E-state index contributed by atoms with van der Waals surface area (Å²) in [4.78, 5) is 27.3. The molecule has 1 fully saturated rings. The van der Waals surface area contributed by atoms with Gasteiger partial charge in [0.25, 0.3) is 11.8 Å². The van der Waals surface area contributed by atoms with Gasteiger partial charge in [-0.15, -0.1) is 0 Å². The van der Waals surface area contributed by atoms with Gasteiger partial charge in [0.2, 0.25) is 0 Å². The smallest absolute Gasteiger partial charge is 0.253 e. The number of carbonyl (C=O) groups excluding carboxylic acids is 2. The van der Waals surface area contributed by atoms with Gasteiger partial charge in [-0.05, 0) is 58.7 Å². The maximum absolute atomic E-state index is 13.7. The van der Waals surface area contributed by atoms with Crippen molar-refractivity contribution in [3.8, 4) is 17.1 Å². The molecule has 2 amide bonds. The first-order chi connectivity index (χ1) is 18.6. The molecule has 188 valence electrons. The molecule has 0 spiro atoms. The normalized spacial score (nSPS) is 22.9. The second-order valence-corrected chi connectivity index (χ2v) is 10.2. The predicted molar refractivity (Wildman–Crippen MR) is 143 cm³/mol. The van der Waals surface area contributed by atoms with Crippen LogP contribution in [-0.2, 0) is 9.59 Å². The third-order valence-corrected chi connectivity index (χ3v) is 8.19. The molecule has 1 aromatic heterocycles. The van der Waals surface area contributed by atoms with Gasteiger partial charge in [-0.3, -0.25) is 15.0 Å². The molecule has 1 saturated heterocycles. The zero-order valence-electron chi connectivity index (χ0n) is 20.4. The van der Waals surface area contributed by atoms with Crippen LogP contribution in [0.2, 0.25) is 5.02 Å². The SMILES string of the molecule is COc1ccc(Cl)cc1-c1ccc(/C=C/NN2C(=O)[C@H]3C4c5ccccc5C(c5ccccc54)[C@@H]3C2=O)o1. The van der Waals surface area contributed by atoms with Crippen molar-refractivity contribution in [1.29, 1.82) is 0 Å². The molecule has 0 saturated carbocycles. The number of carbonyl (C=O) groups is 2. The Balaban J connectivity index is 1.16. The fourth-order valence-corrected chi connectivity index (χ4v) is 6.63. The number of nitrogens with zero attached hydrogens (tertiary/aromatic N) is 1. The number of hydrazine groups is 1. The lowest BCUT2D eigenvalue weighted by Crippen LogP contribution is -2.41. The highest BCUT2D eigenvalue weighted by molar-refractivity contribution is 6.31. The second kappa shape index (κ2) is 8.64. The van der Waals surface area contributed by atoms with Gasteiger partial charge in [-0.2, -0.15) is 5.01 Å². The van der Waals surface area contributed by atoms with E-state index in [0.29, 0.717) is 22.3 Å². The molecule has 6 nitrogen and oxygen atoms in total. The number of nitrogens with one attached hydrogen (secondary N) is 1. The molecule has 4 aromatic rings. The van der Waals surface area contributed by atoms with Gasteiger partial charge >= 0.3 is 0 Å². The zero-order valence-corrected chi connectivity index (χ0v) is 21.2. The van der Waals surface area contributed by atoms with E-state index in [0.717, 1.165) is 27.8 Å². The van der Waals surface area contributed by atoms with Gasteiger partial charge in [-0.1, -0.05) is 60.1 Å². The predicted octanol–water partition coefficient (Wildman–Crippen LogP) is 5.98. The summed E-state index contributed by atoms with van der Waals surface area (Å²) in [6.45, 7) is 0. The van der Waals surface area contributed by atoms with Gasteiger partial charge in [0.15, 0.2) is 0 Å². The fourth-order valence-electron chi connectivity index (χ4n) is 6.46. The summed E-state index contributed by atoms with van der Waals surface area (Å²) < 4.78 is 11.4. The molecule has 7 heteroatoms. The molecule has 4 aliphatic rings. The lowest BCUT2D eigenvalue weighted by Gasteiger charge is -2.45. The van der Waals surface area contributed by atoms with Crippen LogP contribution in [0.5, 0.6) is 5.75 Å². The fraction of sp³-hybridized carbons (Fsp3) is 0.161. The maximum atomic E-state index is 13.7. The number of hydrogen-bond acceptors (Lipinski definition) is 5. The Hall–Kier alpha value is -4.29. The monoisotopic (exact) mass is 522 g/mol. The molecule has 3 aromatic carbocycles. The van der Waals surface area contributed by atoms with E-state index in [1.807, 2.05) is 30.3 Å². The van der Waals surface area contributed by atoms with Crippen molar-refractivity contribution in [3.05, 3.63) is 118 Å². The van der Waals surface area contributed by atoms with Gasteiger partial charge < -0.3 is 9.15 Å². The molecular formula is C31H23ClN2O4. The van der Waals surface area contributed by atoms with Crippen LogP contribution < -0.4 is 10.2 Å². The third-order valence-electron chi connectivity index (χ3n) is 7.95. The minimum atomic E-state index is -0.427. The Bertz CT molecular complexity index is 1520. The minimum absolute atomic E-state index is 0.134. The molecule has 1 aliphatic heterocycles. The number of halogens is 1. The highest BCUT2D eigenvalue weighted by Crippen LogP contribution is 2.60. The molecule has 3 aliphatic carbocycles. The van der Waals surface area contributed by atoms with Crippen molar-refractivity contribution in [1.82, 2.24) is 10.4 Å². The standard InChI is InChI=1S/C31H23ClN2O4/c1-37-24-12-10-17(32)16-23(24)25-13-11-18(38-25)14-15-33-34-30(35)28-26-19-6-2-3-7-20(19)27(29(28)31(34)36)22-9-5-4-8-21(22)26/h2-16,26-29,33H,1H3/b15-14+/t26?,27?,28-,29-/m0/s1. The summed E-state index contributed by atoms with van der Waals surface area (Å²) in [5, 5.41) is 1.75. The molecule has 8 rings (SSSR count). The number of imide groups is 1. The van der Waals surface area contributed by atoms with E-state index in [1.165, 1.54) is 5.01 Å². The molecular weight excluding hydrogens is 500 g/mol. The summed E-state index contributed by atoms with van der Waals surface area (Å²) in [5.41, 5.74) is 8.26. The largest absolute Gasteiger partial charge is 0.496 e. The van der Waals surface area contributed by atoms with Gasteiger partial charge in [-0.25, -0.2) is 0 Å². The zero-order chi connectivity index (χ0) is 26.0. The van der Waals surface area contributed by atoms with E-state index in [-0.39, 0.29) is 23.7 Å². The highest BCUT2D eigenvalue weighted by atomic mass is 35.5. The molecule has 2 atom stereocenters. The summed E-state index contributed by atoms with van der Waals surface area (Å²) in [5.74, 6) is 0.258. The van der Waals surface area contributed by atoms with E-state index in [9.17, 15) is 9.59 Å². The summed E-state index contributed by atoms with van der Waals surface area (Å²) in [6.07, 6.45) is 3.24. The van der Waals surface area contributed by atoms with Crippen molar-refractivity contribution in [3.63, 3.8) is 0 Å². The lowest BCUT2D eigenvalue weighted by molar-refractivity contribution is -0.142. The first kappa shape index (κ1) is 22.9. The number of amides is 2. The van der Waals surface area contributed by atoms with Crippen LogP contribution >= 0.6 is 11.6 Å². The molecule has 1 N–H and O–H groups in total. The van der Waals surface area contributed by atoms with Crippen LogP contribution in [0.25, 0.3) is 17.4 Å². The van der Waals surface area contributed by atoms with Crippen molar-refractivity contribution in [2.75, 3.05) is 7.11 Å². The first-order valence-electron chi connectivity index (χ1n) is 12.5. The van der Waals surface area contributed by atoms with Crippen molar-refractivity contribution < 1.29 is 18.7 Å². The minimum Gasteiger partial charge on any atom is -0.496 e. The summed E-state index contributed by atoms with van der Waals surface area (Å²) in [7, 11) is 1.59. The molecule has 2 heterocycles. The Kier molecular flexibility index (Phi) is 5.20. The quantitative estimate of drug-likeness (QED) is 0.327. The topological polar surface area (TPSA) is 71.8 Å². The number of benzene rings is 3. The molecule has 0 unspecified atom stereocenters. The van der Waals surface area contributed by atoms with Crippen LogP contribution in [0.4, 0.5) is 0 Å². The van der Waals surface area contributed by atoms with Crippen LogP contribution in [-0.4, -0.2) is 23.9 Å². The average molecular weight is 523 g/mol. The Morgan fingerprint density at radius 2 is 1.42 bits per heavy atom. The van der Waals surface area contributed by atoms with E-state index in [1.54, 1.807) is 43.7 Å². The number of furan rings is 1. The maximum Gasteiger partial charge on any atom is 0.253 e. The first-order valence-corrected chi connectivity index (χ1v) is 12.9. The molecule has 2 bridgehead atoms. The highest BCUT2D eigenvalue weighted by Gasteiger charge is 2.61.